The molecule has 1 amide bonds. The van der Waals surface area contributed by atoms with Gasteiger partial charge in [-0.15, -0.1) is 0 Å². The molecule has 0 bridgehead atoms. The van der Waals surface area contributed by atoms with Crippen LogP contribution in [0.25, 0.3) is 6.08 Å². The highest BCUT2D eigenvalue weighted by Crippen LogP contribution is 2.32. The van der Waals surface area contributed by atoms with Gasteiger partial charge in [0.2, 0.25) is 16.8 Å². The predicted molar refractivity (Wildman–Crippen MR) is 116 cm³/mol. The van der Waals surface area contributed by atoms with Gasteiger partial charge in [0, 0.05) is 12.0 Å². The van der Waals surface area contributed by atoms with Crippen molar-refractivity contribution >= 4 is 22.0 Å². The van der Waals surface area contributed by atoms with E-state index < -0.39 is 10.0 Å². The molecule has 0 unspecified atom stereocenters. The first kappa shape index (κ1) is 21.4. The average Bonchev–Trinajstić information content (AvgIpc) is 3.25. The number of hydrogen-bond acceptors (Lipinski definition) is 5. The summed E-state index contributed by atoms with van der Waals surface area (Å²) < 4.78 is 37.2. The third-order valence-corrected chi connectivity index (χ3v) is 6.92. The van der Waals surface area contributed by atoms with Crippen molar-refractivity contribution in [1.82, 2.24) is 9.62 Å². The molecule has 2 aromatic rings. The number of quaternary nitrogens is 1. The fourth-order valence-electron chi connectivity index (χ4n) is 3.59. The van der Waals surface area contributed by atoms with E-state index in [0.717, 1.165) is 16.0 Å². The topological polar surface area (TPSA) is 89.4 Å². The fourth-order valence-corrected chi connectivity index (χ4v) is 4.78. The van der Waals surface area contributed by atoms with Gasteiger partial charge >= 0.3 is 0 Å². The fraction of sp³-hybridized carbons (Fsp3) is 0.318. The third-order valence-electron chi connectivity index (χ3n) is 5.36. The number of ether oxygens (including phenoxy) is 2. The van der Waals surface area contributed by atoms with Crippen molar-refractivity contribution in [3.63, 3.8) is 0 Å². The number of carbonyl (C=O) groups is 1. The summed E-state index contributed by atoms with van der Waals surface area (Å²) in [6, 6.07) is 14.9. The van der Waals surface area contributed by atoms with Crippen LogP contribution in [0.15, 0.2) is 53.9 Å². The Labute approximate surface area is 182 Å². The van der Waals surface area contributed by atoms with Crippen LogP contribution in [0.2, 0.25) is 0 Å². The molecule has 2 aliphatic heterocycles. The lowest BCUT2D eigenvalue weighted by atomic mass is 10.2. The van der Waals surface area contributed by atoms with Crippen LogP contribution in [0.1, 0.15) is 11.1 Å². The molecule has 164 valence electrons. The Kier molecular flexibility index (Phi) is 6.55. The van der Waals surface area contributed by atoms with E-state index in [4.69, 9.17) is 9.47 Å². The molecular formula is C22H26N3O5S+. The maximum absolute atomic E-state index is 12.6. The van der Waals surface area contributed by atoms with E-state index in [1.54, 1.807) is 6.08 Å². The van der Waals surface area contributed by atoms with Gasteiger partial charge in [0.25, 0.3) is 5.91 Å². The lowest BCUT2D eigenvalue weighted by molar-refractivity contribution is -0.895. The molecule has 0 spiro atoms. The zero-order valence-corrected chi connectivity index (χ0v) is 17.9. The van der Waals surface area contributed by atoms with E-state index in [-0.39, 0.29) is 12.7 Å². The summed E-state index contributed by atoms with van der Waals surface area (Å²) in [6.45, 7) is 2.92. The van der Waals surface area contributed by atoms with Crippen molar-refractivity contribution in [3.05, 3.63) is 65.1 Å². The van der Waals surface area contributed by atoms with Crippen molar-refractivity contribution in [2.24, 2.45) is 0 Å². The molecule has 9 heteroatoms. The number of hydrogen-bond donors (Lipinski definition) is 2. The van der Waals surface area contributed by atoms with Gasteiger partial charge < -0.3 is 19.7 Å². The molecule has 2 N–H and O–H groups in total. The lowest BCUT2D eigenvalue weighted by Gasteiger charge is -2.30. The molecule has 4 rings (SSSR count). The Balaban J connectivity index is 1.22. The number of sulfonamides is 1. The van der Waals surface area contributed by atoms with Crippen LogP contribution in [0.3, 0.4) is 0 Å². The van der Waals surface area contributed by atoms with Gasteiger partial charge in [-0.3, -0.25) is 4.79 Å². The minimum Gasteiger partial charge on any atom is -0.454 e. The number of benzene rings is 2. The summed E-state index contributed by atoms with van der Waals surface area (Å²) in [5.74, 6) is 1.34. The molecule has 31 heavy (non-hydrogen) atoms. The largest absolute Gasteiger partial charge is 0.454 e. The minimum absolute atomic E-state index is 0.0621. The number of nitrogens with zero attached hydrogens (tertiary/aromatic N) is 1. The smallest absolute Gasteiger partial charge is 0.275 e. The maximum atomic E-state index is 12.6. The molecule has 2 aromatic carbocycles. The molecule has 0 aromatic heterocycles. The molecule has 2 aliphatic rings. The first-order chi connectivity index (χ1) is 15.0. The van der Waals surface area contributed by atoms with E-state index in [9.17, 15) is 13.2 Å². The Morgan fingerprint density at radius 1 is 1.06 bits per heavy atom. The van der Waals surface area contributed by atoms with Gasteiger partial charge in [0.1, 0.15) is 0 Å². The Morgan fingerprint density at radius 2 is 1.81 bits per heavy atom. The second-order valence-corrected chi connectivity index (χ2v) is 9.37. The lowest BCUT2D eigenvalue weighted by Crippen LogP contribution is -3.15. The highest BCUT2D eigenvalue weighted by Gasteiger charge is 2.28. The number of piperazine rings is 1. The van der Waals surface area contributed by atoms with Crippen molar-refractivity contribution < 1.29 is 27.6 Å². The second kappa shape index (κ2) is 9.51. The van der Waals surface area contributed by atoms with Gasteiger partial charge in [-0.25, -0.2) is 8.42 Å². The van der Waals surface area contributed by atoms with Crippen LogP contribution in [0.4, 0.5) is 0 Å². The molecule has 0 saturated carbocycles. The number of fused-ring (bicyclic) bond motifs is 1. The van der Waals surface area contributed by atoms with Gasteiger partial charge in [0.15, 0.2) is 18.0 Å². The molecule has 0 aliphatic carbocycles. The molecule has 8 nitrogen and oxygen atoms in total. The zero-order chi connectivity index (χ0) is 21.7. The third kappa shape index (κ3) is 5.63. The number of amides is 1. The van der Waals surface area contributed by atoms with Crippen LogP contribution in [-0.4, -0.2) is 58.1 Å². The molecule has 2 heterocycles. The first-order valence-electron chi connectivity index (χ1n) is 10.2. The van der Waals surface area contributed by atoms with Crippen LogP contribution >= 0.6 is 0 Å². The highest BCUT2D eigenvalue weighted by atomic mass is 32.2. The van der Waals surface area contributed by atoms with Crippen LogP contribution < -0.4 is 19.7 Å². The molecular weight excluding hydrogens is 418 g/mol. The normalized spacial score (nSPS) is 17.2. The van der Waals surface area contributed by atoms with E-state index in [1.165, 1.54) is 9.71 Å². The zero-order valence-electron chi connectivity index (χ0n) is 17.1. The summed E-state index contributed by atoms with van der Waals surface area (Å²) in [5, 5.41) is 4.17. The van der Waals surface area contributed by atoms with E-state index in [0.29, 0.717) is 50.8 Å². The molecule has 0 atom stereocenters. The monoisotopic (exact) mass is 444 g/mol. The maximum Gasteiger partial charge on any atom is 0.275 e. The predicted octanol–water partition coefficient (Wildman–Crippen LogP) is 0.233. The number of carbonyl (C=O) groups excluding carboxylic acids is 1. The summed E-state index contributed by atoms with van der Waals surface area (Å²) >= 11 is 0. The Hall–Kier alpha value is -2.88. The van der Waals surface area contributed by atoms with Gasteiger partial charge in [0.05, 0.1) is 26.2 Å². The summed E-state index contributed by atoms with van der Waals surface area (Å²) in [6.07, 6.45) is 1.61. The van der Waals surface area contributed by atoms with Gasteiger partial charge in [-0.05, 0) is 29.3 Å². The summed E-state index contributed by atoms with van der Waals surface area (Å²) in [7, 11) is -3.47. The molecule has 1 saturated heterocycles. The van der Waals surface area contributed by atoms with Crippen molar-refractivity contribution in [3.8, 4) is 11.5 Å². The van der Waals surface area contributed by atoms with Crippen LogP contribution in [-0.2, 0) is 21.4 Å². The summed E-state index contributed by atoms with van der Waals surface area (Å²) in [5.41, 5.74) is 1.78. The Morgan fingerprint density at radius 3 is 2.58 bits per heavy atom. The van der Waals surface area contributed by atoms with Crippen molar-refractivity contribution in [2.45, 2.75) is 6.54 Å². The van der Waals surface area contributed by atoms with E-state index in [2.05, 4.69) is 5.32 Å². The van der Waals surface area contributed by atoms with Gasteiger partial charge in [-0.1, -0.05) is 36.4 Å². The standard InChI is InChI=1S/C22H25N3O5S/c26-22(23-15-19-6-7-20-21(14-19)30-17-29-20)16-24-9-11-25(12-10-24)31(27,28)13-8-18-4-2-1-3-5-18/h1-8,13-14H,9-12,15-17H2,(H,23,26)/p+1/b13-8+. The number of rotatable bonds is 7. The minimum atomic E-state index is -3.47. The van der Waals surface area contributed by atoms with Gasteiger partial charge in [-0.2, -0.15) is 4.31 Å². The SMILES string of the molecule is O=C(C[NH+]1CCN(S(=O)(=O)/C=C/c2ccccc2)CC1)NCc1ccc2c(c1)OCO2. The number of nitrogens with one attached hydrogen (secondary N) is 2. The second-order valence-electron chi connectivity index (χ2n) is 7.55. The van der Waals surface area contributed by atoms with E-state index in [1.807, 2.05) is 48.5 Å². The van der Waals surface area contributed by atoms with Crippen LogP contribution in [0, 0.1) is 0 Å². The average molecular weight is 445 g/mol. The molecule has 0 radical (unpaired) electrons. The Bertz CT molecular complexity index is 1050. The highest BCUT2D eigenvalue weighted by molar-refractivity contribution is 7.92. The van der Waals surface area contributed by atoms with Crippen LogP contribution in [0.5, 0.6) is 11.5 Å². The van der Waals surface area contributed by atoms with E-state index >= 15 is 0 Å². The summed E-state index contributed by atoms with van der Waals surface area (Å²) in [4.78, 5) is 13.4. The first-order valence-corrected chi connectivity index (χ1v) is 11.7. The quantitative estimate of drug-likeness (QED) is 0.639. The van der Waals surface area contributed by atoms with Crippen molar-refractivity contribution in [1.29, 1.82) is 0 Å². The molecule has 1 fully saturated rings. The van der Waals surface area contributed by atoms with Crippen molar-refractivity contribution in [2.75, 3.05) is 39.5 Å².